The van der Waals surface area contributed by atoms with Gasteiger partial charge in [-0.3, -0.25) is 49.6 Å². The maximum atomic E-state index is 13.6. The summed E-state index contributed by atoms with van der Waals surface area (Å²) in [6, 6.07) is 17.7. The largest absolute Gasteiger partial charge is 0.506 e. The minimum Gasteiger partial charge on any atom is -0.506 e. The molecule has 0 saturated carbocycles. The first-order valence-electron chi connectivity index (χ1n) is 22.0. The molecule has 71 heavy (non-hydrogen) atoms. The molecule has 9 heterocycles. The van der Waals surface area contributed by atoms with E-state index in [4.69, 9.17) is 13.9 Å². The van der Waals surface area contributed by atoms with Gasteiger partial charge < -0.3 is 39.4 Å². The summed E-state index contributed by atoms with van der Waals surface area (Å²) in [5, 5.41) is 33.7. The molecule has 0 bridgehead atoms. The standard InChI is InChI=1S/C24H22N6O6.C24H20N6O5/c1-36-15-3-2-13-11-30(22(34)16(13)6-15)12-24(8-21(33)29-23(24)35)19(32)7-17-18(31)4-5-20(28-17)27-14-9-25-26-10-14;1-34-15-2-3-16-13(8-15)6-7-30(21(16)31)12-24(22(32)28-23(33)29-24)20-9-18-19(35-20)5-4-17(27-18)14-10-25-26-11-14/h2-6,9-10,31H,7-8,11-12H2,1H3,(H,25,26)(H,27,28)(H,29,33,35);2-5,8-11H,6-7,12H2,1H3,(H,25,26)(H2,28,29,32,33)/t2*24-/m10/s1. The molecular weight excluding hydrogens is 921 g/mol. The summed E-state index contributed by atoms with van der Waals surface area (Å²) in [6.45, 7) is 0.172. The predicted octanol–water partition coefficient (Wildman–Crippen LogP) is 3.02. The molecule has 4 aliphatic heterocycles. The van der Waals surface area contributed by atoms with Gasteiger partial charge in [0, 0.05) is 54.8 Å². The van der Waals surface area contributed by atoms with Crippen LogP contribution in [0, 0.1) is 5.41 Å². The van der Waals surface area contributed by atoms with E-state index in [2.05, 4.69) is 51.6 Å². The van der Waals surface area contributed by atoms with Gasteiger partial charge in [0.25, 0.3) is 17.7 Å². The molecule has 5 aromatic heterocycles. The predicted molar refractivity (Wildman–Crippen MR) is 247 cm³/mol. The van der Waals surface area contributed by atoms with Crippen LogP contribution < -0.4 is 30.7 Å². The van der Waals surface area contributed by atoms with Crippen LogP contribution in [0.2, 0.25) is 0 Å². The van der Waals surface area contributed by atoms with Gasteiger partial charge in [-0.1, -0.05) is 6.07 Å². The lowest BCUT2D eigenvalue weighted by Crippen LogP contribution is -2.55. The summed E-state index contributed by atoms with van der Waals surface area (Å²) in [6.07, 6.45) is 6.26. The van der Waals surface area contributed by atoms with Gasteiger partial charge in [0.2, 0.25) is 11.8 Å². The summed E-state index contributed by atoms with van der Waals surface area (Å²) >= 11 is 0. The fraction of sp³-hybridized carbons (Fsp3) is 0.229. The van der Waals surface area contributed by atoms with Gasteiger partial charge in [0.1, 0.15) is 39.8 Å². The minimum absolute atomic E-state index is 0.0285. The van der Waals surface area contributed by atoms with Crippen molar-refractivity contribution in [1.82, 2.24) is 56.1 Å². The molecule has 0 spiro atoms. The Kier molecular flexibility index (Phi) is 11.4. The molecule has 2 aromatic carbocycles. The van der Waals surface area contributed by atoms with Crippen LogP contribution in [0.4, 0.5) is 16.3 Å². The number of pyridine rings is 2. The number of urea groups is 1. The number of fused-ring (bicyclic) bond motifs is 3. The highest BCUT2D eigenvalue weighted by Gasteiger charge is 2.55. The molecule has 0 unspecified atom stereocenters. The fourth-order valence-electron chi connectivity index (χ4n) is 9.11. The molecule has 0 aliphatic carbocycles. The number of carbonyl (C=O) groups is 7. The van der Waals surface area contributed by atoms with Crippen LogP contribution in [0.15, 0.2) is 95.9 Å². The average molecular weight is 963 g/mol. The van der Waals surface area contributed by atoms with Crippen LogP contribution in [-0.2, 0) is 44.1 Å². The summed E-state index contributed by atoms with van der Waals surface area (Å²) < 4.78 is 16.5. The van der Waals surface area contributed by atoms with E-state index in [1.165, 1.54) is 30.3 Å². The van der Waals surface area contributed by atoms with Crippen molar-refractivity contribution in [3.63, 3.8) is 0 Å². The van der Waals surface area contributed by atoms with Gasteiger partial charge >= 0.3 is 6.03 Å². The average Bonchev–Trinajstić information content (AvgIpc) is 4.25. The molecule has 7 amide bonds. The third-order valence-electron chi connectivity index (χ3n) is 12.8. The van der Waals surface area contributed by atoms with Crippen LogP contribution in [0.1, 0.15) is 49.7 Å². The number of anilines is 2. The lowest BCUT2D eigenvalue weighted by Gasteiger charge is -2.34. The number of methoxy groups -OCH3 is 2. The molecule has 23 nitrogen and oxygen atoms in total. The summed E-state index contributed by atoms with van der Waals surface area (Å²) in [7, 11) is 3.06. The maximum absolute atomic E-state index is 13.6. The number of benzene rings is 2. The first-order chi connectivity index (χ1) is 34.2. The molecule has 4 aliphatic rings. The van der Waals surface area contributed by atoms with E-state index in [0.29, 0.717) is 63.9 Å². The number of carbonyl (C=O) groups excluding carboxylic acids is 7. The number of nitrogens with one attached hydrogen (secondary N) is 6. The molecule has 7 N–H and O–H groups in total. The first-order valence-corrected chi connectivity index (χ1v) is 22.0. The number of hydrogen-bond acceptors (Lipinski definition) is 16. The number of furan rings is 1. The van der Waals surface area contributed by atoms with Crippen LogP contribution >= 0.6 is 0 Å². The van der Waals surface area contributed by atoms with Crippen molar-refractivity contribution >= 4 is 64.0 Å². The Morgan fingerprint density at radius 1 is 0.803 bits per heavy atom. The number of rotatable bonds is 13. The second-order valence-electron chi connectivity index (χ2n) is 17.2. The number of hydrogen-bond donors (Lipinski definition) is 7. The molecule has 0 radical (unpaired) electrons. The van der Waals surface area contributed by atoms with Crippen molar-refractivity contribution in [3.05, 3.63) is 125 Å². The van der Waals surface area contributed by atoms with E-state index in [-0.39, 0.29) is 48.7 Å². The topological polar surface area (TPSA) is 309 Å². The van der Waals surface area contributed by atoms with Gasteiger partial charge in [-0.05, 0) is 72.1 Å². The Morgan fingerprint density at radius 2 is 1.58 bits per heavy atom. The lowest BCUT2D eigenvalue weighted by molar-refractivity contribution is -0.140. The second-order valence-corrected chi connectivity index (χ2v) is 17.2. The van der Waals surface area contributed by atoms with Crippen molar-refractivity contribution in [2.45, 2.75) is 31.3 Å². The number of amides is 7. The van der Waals surface area contributed by atoms with Crippen molar-refractivity contribution in [1.29, 1.82) is 0 Å². The van der Waals surface area contributed by atoms with Crippen molar-refractivity contribution < 1.29 is 52.6 Å². The molecule has 2 atom stereocenters. The Labute approximate surface area is 401 Å². The number of H-pyrrole nitrogens is 2. The summed E-state index contributed by atoms with van der Waals surface area (Å²) in [4.78, 5) is 102. The third kappa shape index (κ3) is 8.38. The lowest BCUT2D eigenvalue weighted by atomic mass is 9.79. The van der Waals surface area contributed by atoms with E-state index in [1.807, 2.05) is 6.07 Å². The van der Waals surface area contributed by atoms with Crippen LogP contribution in [0.25, 0.3) is 22.4 Å². The second kappa shape index (κ2) is 17.9. The SMILES string of the molecule is COc1ccc2c(c1)C(=O)N(C[C@@]1(C(=O)Cc3nc(Nc4cn[nH]c4)ccc3O)CC(=O)NC1=O)C2.COc1ccc2c(c1)CCN(C[C@@]1(c3cc4nc(-c5cn[nH]c5)ccc4o3)NC(=O)NC1=O)C2=O. The zero-order chi connectivity index (χ0) is 49.6. The van der Waals surface area contributed by atoms with E-state index < -0.39 is 53.3 Å². The van der Waals surface area contributed by atoms with Gasteiger partial charge in [-0.2, -0.15) is 10.2 Å². The highest BCUT2D eigenvalue weighted by molar-refractivity contribution is 6.19. The highest BCUT2D eigenvalue weighted by Crippen LogP contribution is 2.38. The number of nitrogens with zero attached hydrogens (tertiary/aromatic N) is 6. The Morgan fingerprint density at radius 3 is 2.30 bits per heavy atom. The number of aromatic amines is 2. The highest BCUT2D eigenvalue weighted by atomic mass is 16.5. The van der Waals surface area contributed by atoms with Gasteiger partial charge in [0.05, 0.1) is 63.1 Å². The fourth-order valence-corrected chi connectivity index (χ4v) is 9.11. The number of aromatic hydroxyl groups is 1. The molecule has 11 rings (SSSR count). The molecule has 2 saturated heterocycles. The van der Waals surface area contributed by atoms with Gasteiger partial charge in [-0.15, -0.1) is 0 Å². The molecule has 2 fully saturated rings. The number of aromatic nitrogens is 6. The molecular formula is C48H42N12O11. The Hall–Kier alpha value is -9.41. The molecule has 7 aromatic rings. The van der Waals surface area contributed by atoms with Crippen LogP contribution in [0.3, 0.4) is 0 Å². The van der Waals surface area contributed by atoms with E-state index in [0.717, 1.165) is 16.7 Å². The number of ether oxygens (including phenoxy) is 2. The Balaban J connectivity index is 0.000000164. The summed E-state index contributed by atoms with van der Waals surface area (Å²) in [5.41, 5.74) is 2.23. The monoisotopic (exact) mass is 962 g/mol. The Bertz CT molecular complexity index is 3320. The van der Waals surface area contributed by atoms with Crippen LogP contribution in [0.5, 0.6) is 17.2 Å². The maximum Gasteiger partial charge on any atom is 0.322 e. The van der Waals surface area contributed by atoms with Crippen molar-refractivity contribution in [2.75, 3.05) is 39.2 Å². The van der Waals surface area contributed by atoms with E-state index in [1.54, 1.807) is 79.1 Å². The zero-order valence-corrected chi connectivity index (χ0v) is 37.8. The van der Waals surface area contributed by atoms with Crippen LogP contribution in [-0.4, -0.2) is 120 Å². The number of imide groups is 2. The molecule has 360 valence electrons. The van der Waals surface area contributed by atoms with Gasteiger partial charge in [-0.25, -0.2) is 14.8 Å². The summed E-state index contributed by atoms with van der Waals surface area (Å²) in [5.74, 6) is -1.72. The van der Waals surface area contributed by atoms with E-state index in [9.17, 15) is 38.7 Å². The smallest absolute Gasteiger partial charge is 0.322 e. The van der Waals surface area contributed by atoms with Crippen molar-refractivity contribution in [2.24, 2.45) is 5.41 Å². The minimum atomic E-state index is -1.80. The first kappa shape index (κ1) is 45.4. The third-order valence-corrected chi connectivity index (χ3v) is 12.8. The van der Waals surface area contributed by atoms with Crippen molar-refractivity contribution in [3.8, 4) is 28.5 Å². The zero-order valence-electron chi connectivity index (χ0n) is 37.8. The normalized spacial score (nSPS) is 19.2. The quantitative estimate of drug-likeness (QED) is 0.0496. The van der Waals surface area contributed by atoms with Gasteiger partial charge in [0.15, 0.2) is 16.9 Å². The van der Waals surface area contributed by atoms with E-state index >= 15 is 0 Å². The molecule has 23 heteroatoms. The number of ketones is 1. The number of Topliss-reactive ketones (excluding diaryl/α,β-unsaturated/α-hetero) is 1.